The van der Waals surface area contributed by atoms with Crippen molar-refractivity contribution in [1.29, 1.82) is 0 Å². The number of nitrogens with zero attached hydrogens (tertiary/aromatic N) is 2. The van der Waals surface area contributed by atoms with Gasteiger partial charge in [-0.2, -0.15) is 0 Å². The molecule has 0 spiro atoms. The largest absolute Gasteiger partial charge is 0.360 e. The Morgan fingerprint density at radius 3 is 3.00 bits per heavy atom. The summed E-state index contributed by atoms with van der Waals surface area (Å²) in [6.07, 6.45) is 2.38. The Bertz CT molecular complexity index is 564. The molecule has 0 amide bonds. The first-order valence-corrected chi connectivity index (χ1v) is 7.23. The molecule has 1 N–H and O–H groups in total. The fourth-order valence-corrected chi connectivity index (χ4v) is 2.82. The molecule has 20 heavy (non-hydrogen) atoms. The van der Waals surface area contributed by atoms with Gasteiger partial charge in [-0.1, -0.05) is 29.4 Å². The van der Waals surface area contributed by atoms with E-state index in [1.165, 1.54) is 24.0 Å². The zero-order chi connectivity index (χ0) is 13.8. The van der Waals surface area contributed by atoms with Crippen LogP contribution in [0.1, 0.15) is 29.0 Å². The fourth-order valence-electron chi connectivity index (χ4n) is 2.82. The van der Waals surface area contributed by atoms with Gasteiger partial charge < -0.3 is 9.84 Å². The first-order valence-electron chi connectivity index (χ1n) is 7.23. The molecule has 4 heteroatoms. The lowest BCUT2D eigenvalue weighted by molar-refractivity contribution is 0.226. The smallest absolute Gasteiger partial charge is 0.151 e. The zero-order valence-electron chi connectivity index (χ0n) is 11.9. The minimum Gasteiger partial charge on any atom is -0.360 e. The van der Waals surface area contributed by atoms with Gasteiger partial charge in [0.2, 0.25) is 0 Å². The molecule has 106 valence electrons. The topological polar surface area (TPSA) is 41.3 Å². The van der Waals surface area contributed by atoms with E-state index in [1.807, 2.05) is 13.1 Å². The quantitative estimate of drug-likeness (QED) is 0.926. The fraction of sp³-hybridized carbons (Fsp3) is 0.438. The van der Waals surface area contributed by atoms with E-state index in [1.54, 1.807) is 0 Å². The molecule has 4 nitrogen and oxygen atoms in total. The van der Waals surface area contributed by atoms with E-state index in [2.05, 4.69) is 39.6 Å². The number of nitrogens with one attached hydrogen (secondary N) is 1. The molecular weight excluding hydrogens is 250 g/mol. The molecule has 0 aliphatic carbocycles. The first-order chi connectivity index (χ1) is 9.85. The maximum Gasteiger partial charge on any atom is 0.151 e. The van der Waals surface area contributed by atoms with Crippen molar-refractivity contribution in [3.63, 3.8) is 0 Å². The molecule has 2 aromatic rings. The van der Waals surface area contributed by atoms with Crippen LogP contribution in [0.5, 0.6) is 0 Å². The summed E-state index contributed by atoms with van der Waals surface area (Å²) in [5.41, 5.74) is 3.90. The third kappa shape index (κ3) is 3.08. The molecular formula is C16H21N3O. The minimum atomic E-state index is 0.756. The number of aromatic nitrogens is 1. The monoisotopic (exact) mass is 271 g/mol. The number of fused-ring (bicyclic) bond motifs is 1. The van der Waals surface area contributed by atoms with Gasteiger partial charge in [0.05, 0.1) is 12.2 Å². The van der Waals surface area contributed by atoms with Gasteiger partial charge in [0.25, 0.3) is 0 Å². The maximum atomic E-state index is 5.42. The van der Waals surface area contributed by atoms with Crippen molar-refractivity contribution < 1.29 is 4.52 Å². The number of benzene rings is 1. The molecule has 0 saturated carbocycles. The number of rotatable bonds is 4. The lowest BCUT2D eigenvalue weighted by Crippen LogP contribution is -2.22. The van der Waals surface area contributed by atoms with Gasteiger partial charge in [-0.15, -0.1) is 0 Å². The molecule has 0 radical (unpaired) electrons. The normalized spacial score (nSPS) is 15.8. The molecule has 0 unspecified atom stereocenters. The summed E-state index contributed by atoms with van der Waals surface area (Å²) in [6.45, 7) is 3.70. The average Bonchev–Trinajstić information content (AvgIpc) is 2.78. The van der Waals surface area contributed by atoms with Crippen LogP contribution in [0.4, 0.5) is 0 Å². The highest BCUT2D eigenvalue weighted by atomic mass is 16.5. The SMILES string of the molecule is CNCc1cc(CN2CCCc3ccccc3C2)on1. The van der Waals surface area contributed by atoms with Crippen LogP contribution in [-0.2, 0) is 26.1 Å². The Labute approximate surface area is 119 Å². The van der Waals surface area contributed by atoms with Crippen molar-refractivity contribution in [3.05, 3.63) is 52.9 Å². The Balaban J connectivity index is 1.68. The Morgan fingerprint density at radius 2 is 2.15 bits per heavy atom. The van der Waals surface area contributed by atoms with E-state index in [4.69, 9.17) is 4.52 Å². The van der Waals surface area contributed by atoms with Gasteiger partial charge in [0.15, 0.2) is 5.76 Å². The van der Waals surface area contributed by atoms with Crippen LogP contribution in [0.15, 0.2) is 34.9 Å². The van der Waals surface area contributed by atoms with Gasteiger partial charge in [-0.05, 0) is 37.6 Å². The standard InChI is InChI=1S/C16H21N3O/c1-17-10-15-9-16(20-18-15)12-19-8-4-7-13-5-2-3-6-14(13)11-19/h2-3,5-6,9,17H,4,7-8,10-12H2,1H3. The number of aryl methyl sites for hydroxylation is 1. The minimum absolute atomic E-state index is 0.756. The van der Waals surface area contributed by atoms with Gasteiger partial charge in [-0.25, -0.2) is 0 Å². The molecule has 0 bridgehead atoms. The van der Waals surface area contributed by atoms with Crippen molar-refractivity contribution in [3.8, 4) is 0 Å². The van der Waals surface area contributed by atoms with Crippen LogP contribution in [0.25, 0.3) is 0 Å². The van der Waals surface area contributed by atoms with Crippen molar-refractivity contribution in [2.24, 2.45) is 0 Å². The Morgan fingerprint density at radius 1 is 1.30 bits per heavy atom. The average molecular weight is 271 g/mol. The molecule has 1 aromatic carbocycles. The van der Waals surface area contributed by atoms with Crippen LogP contribution in [0.3, 0.4) is 0 Å². The molecule has 3 rings (SSSR count). The van der Waals surface area contributed by atoms with Gasteiger partial charge in [0, 0.05) is 19.2 Å². The molecule has 1 aromatic heterocycles. The Hall–Kier alpha value is -1.65. The third-order valence-corrected chi connectivity index (χ3v) is 3.78. The summed E-state index contributed by atoms with van der Waals surface area (Å²) in [5.74, 6) is 0.953. The van der Waals surface area contributed by atoms with Crippen LogP contribution in [0, 0.1) is 0 Å². The lowest BCUT2D eigenvalue weighted by atomic mass is 10.0. The van der Waals surface area contributed by atoms with Crippen molar-refractivity contribution in [2.45, 2.75) is 32.5 Å². The zero-order valence-corrected chi connectivity index (χ0v) is 11.9. The van der Waals surface area contributed by atoms with E-state index in [9.17, 15) is 0 Å². The molecule has 2 heterocycles. The van der Waals surface area contributed by atoms with Crippen LogP contribution < -0.4 is 5.32 Å². The summed E-state index contributed by atoms with van der Waals surface area (Å²) in [5, 5.41) is 7.16. The van der Waals surface area contributed by atoms with Crippen molar-refractivity contribution in [1.82, 2.24) is 15.4 Å². The molecule has 0 atom stereocenters. The summed E-state index contributed by atoms with van der Waals surface area (Å²) >= 11 is 0. The molecule has 0 fully saturated rings. The van der Waals surface area contributed by atoms with Crippen molar-refractivity contribution >= 4 is 0 Å². The van der Waals surface area contributed by atoms with Crippen molar-refractivity contribution in [2.75, 3.05) is 13.6 Å². The number of hydrogen-bond donors (Lipinski definition) is 1. The summed E-state index contributed by atoms with van der Waals surface area (Å²) < 4.78 is 5.42. The lowest BCUT2D eigenvalue weighted by Gasteiger charge is -2.18. The second kappa shape index (κ2) is 6.20. The summed E-state index contributed by atoms with van der Waals surface area (Å²) in [7, 11) is 1.92. The second-order valence-corrected chi connectivity index (χ2v) is 5.40. The summed E-state index contributed by atoms with van der Waals surface area (Å²) in [4.78, 5) is 2.44. The van der Waals surface area contributed by atoms with E-state index >= 15 is 0 Å². The summed E-state index contributed by atoms with van der Waals surface area (Å²) in [6, 6.07) is 10.8. The molecule has 0 saturated heterocycles. The third-order valence-electron chi connectivity index (χ3n) is 3.78. The van der Waals surface area contributed by atoms with Crippen LogP contribution in [-0.4, -0.2) is 23.6 Å². The number of hydrogen-bond acceptors (Lipinski definition) is 4. The highest BCUT2D eigenvalue weighted by molar-refractivity contribution is 5.28. The van der Waals surface area contributed by atoms with E-state index in [0.29, 0.717) is 0 Å². The van der Waals surface area contributed by atoms with Crippen LogP contribution >= 0.6 is 0 Å². The van der Waals surface area contributed by atoms with Gasteiger partial charge in [-0.3, -0.25) is 4.90 Å². The Kier molecular flexibility index (Phi) is 4.14. The predicted molar refractivity (Wildman–Crippen MR) is 78.1 cm³/mol. The first kappa shape index (κ1) is 13.3. The second-order valence-electron chi connectivity index (χ2n) is 5.40. The molecule has 1 aliphatic rings. The van der Waals surface area contributed by atoms with Gasteiger partial charge in [0.1, 0.15) is 0 Å². The molecule has 1 aliphatic heterocycles. The van der Waals surface area contributed by atoms with Gasteiger partial charge >= 0.3 is 0 Å². The predicted octanol–water partition coefficient (Wildman–Crippen LogP) is 2.34. The van der Waals surface area contributed by atoms with E-state index in [0.717, 1.165) is 37.6 Å². The maximum absolute atomic E-state index is 5.42. The highest BCUT2D eigenvalue weighted by Gasteiger charge is 2.16. The van der Waals surface area contributed by atoms with E-state index in [-0.39, 0.29) is 0 Å². The highest BCUT2D eigenvalue weighted by Crippen LogP contribution is 2.20. The van der Waals surface area contributed by atoms with E-state index < -0.39 is 0 Å². The van der Waals surface area contributed by atoms with Crippen LogP contribution in [0.2, 0.25) is 0 Å².